The number of carbonyl (C=O) groups excluding carboxylic acids is 2. The van der Waals surface area contributed by atoms with Crippen molar-refractivity contribution in [2.24, 2.45) is 0 Å². The minimum absolute atomic E-state index is 0.0109. The van der Waals surface area contributed by atoms with Crippen LogP contribution in [0.15, 0.2) is 6.20 Å². The quantitative estimate of drug-likeness (QED) is 0.432. The first-order valence-corrected chi connectivity index (χ1v) is 11.5. The molecule has 1 aliphatic carbocycles. The van der Waals surface area contributed by atoms with Crippen LogP contribution in [0, 0.1) is 0 Å². The molecule has 2 atom stereocenters. The van der Waals surface area contributed by atoms with Crippen molar-refractivity contribution < 1.29 is 28.5 Å². The van der Waals surface area contributed by atoms with Crippen molar-refractivity contribution in [1.29, 1.82) is 0 Å². The van der Waals surface area contributed by atoms with E-state index < -0.39 is 12.2 Å². The highest BCUT2D eigenvalue weighted by Crippen LogP contribution is 2.35. The predicted molar refractivity (Wildman–Crippen MR) is 119 cm³/mol. The van der Waals surface area contributed by atoms with E-state index >= 15 is 0 Å². The van der Waals surface area contributed by atoms with E-state index in [0.29, 0.717) is 63.0 Å². The van der Waals surface area contributed by atoms with Gasteiger partial charge >= 0.3 is 6.09 Å². The summed E-state index contributed by atoms with van der Waals surface area (Å²) in [5, 5.41) is 5.89. The number of amides is 2. The van der Waals surface area contributed by atoms with Crippen molar-refractivity contribution in [1.82, 2.24) is 25.5 Å². The Labute approximate surface area is 194 Å². The van der Waals surface area contributed by atoms with Crippen molar-refractivity contribution >= 4 is 12.0 Å². The summed E-state index contributed by atoms with van der Waals surface area (Å²) < 4.78 is 21.1. The summed E-state index contributed by atoms with van der Waals surface area (Å²) in [4.78, 5) is 35.8. The molecule has 1 aliphatic heterocycles. The second-order valence-corrected chi connectivity index (χ2v) is 8.13. The molecule has 11 nitrogen and oxygen atoms in total. The molecule has 2 heterocycles. The third-order valence-electron chi connectivity index (χ3n) is 5.64. The molecule has 2 N–H and O–H groups in total. The molecule has 1 aromatic rings. The first kappa shape index (κ1) is 25.1. The van der Waals surface area contributed by atoms with Crippen molar-refractivity contribution in [3.8, 4) is 5.88 Å². The molecular weight excluding hydrogens is 430 g/mol. The Morgan fingerprint density at radius 2 is 2.15 bits per heavy atom. The average Bonchev–Trinajstić information content (AvgIpc) is 3.68. The van der Waals surface area contributed by atoms with Gasteiger partial charge in [-0.3, -0.25) is 4.79 Å². The number of hydrogen-bond acceptors (Lipinski definition) is 9. The lowest BCUT2D eigenvalue weighted by molar-refractivity contribution is -0.148. The minimum atomic E-state index is -0.477. The summed E-state index contributed by atoms with van der Waals surface area (Å²) in [6, 6.07) is -0.0480. The SMILES string of the molecule is COCCOc1ncc([C@@H](C)N(C(=O)[C@H]2CNCCO2)C2CC2)nc1CCCNC(=O)OC. The third-order valence-corrected chi connectivity index (χ3v) is 5.64. The van der Waals surface area contributed by atoms with Gasteiger partial charge in [-0.15, -0.1) is 0 Å². The van der Waals surface area contributed by atoms with E-state index in [1.54, 1.807) is 13.3 Å². The maximum atomic E-state index is 13.2. The van der Waals surface area contributed by atoms with Gasteiger partial charge in [0.05, 0.1) is 38.3 Å². The Morgan fingerprint density at radius 1 is 1.33 bits per heavy atom. The fraction of sp³-hybridized carbons (Fsp3) is 0.727. The summed E-state index contributed by atoms with van der Waals surface area (Å²) in [5.41, 5.74) is 1.38. The van der Waals surface area contributed by atoms with Crippen LogP contribution in [-0.2, 0) is 25.4 Å². The van der Waals surface area contributed by atoms with E-state index in [4.69, 9.17) is 19.2 Å². The molecular formula is C22H35N5O6. The second-order valence-electron chi connectivity index (χ2n) is 8.13. The van der Waals surface area contributed by atoms with Gasteiger partial charge in [0, 0.05) is 32.8 Å². The van der Waals surface area contributed by atoms with Crippen LogP contribution in [0.3, 0.4) is 0 Å². The Balaban J connectivity index is 1.73. The van der Waals surface area contributed by atoms with Crippen molar-refractivity contribution in [3.05, 3.63) is 17.6 Å². The van der Waals surface area contributed by atoms with Crippen LogP contribution in [0.2, 0.25) is 0 Å². The fourth-order valence-corrected chi connectivity index (χ4v) is 3.73. The van der Waals surface area contributed by atoms with Gasteiger partial charge in [-0.1, -0.05) is 0 Å². The molecule has 0 bridgehead atoms. The molecule has 3 rings (SSSR count). The number of ether oxygens (including phenoxy) is 4. The largest absolute Gasteiger partial charge is 0.474 e. The Bertz CT molecular complexity index is 785. The van der Waals surface area contributed by atoms with Crippen LogP contribution in [-0.4, -0.2) is 92.7 Å². The van der Waals surface area contributed by atoms with Gasteiger partial charge < -0.3 is 34.5 Å². The van der Waals surface area contributed by atoms with Crippen LogP contribution in [0.4, 0.5) is 4.79 Å². The number of rotatable bonds is 12. The molecule has 184 valence electrons. The van der Waals surface area contributed by atoms with E-state index in [0.717, 1.165) is 19.4 Å². The van der Waals surface area contributed by atoms with Crippen LogP contribution in [0.1, 0.15) is 43.6 Å². The molecule has 1 aromatic heterocycles. The molecule has 0 unspecified atom stereocenters. The number of aryl methyl sites for hydroxylation is 1. The number of nitrogens with zero attached hydrogens (tertiary/aromatic N) is 3. The lowest BCUT2D eigenvalue weighted by Gasteiger charge is -2.34. The van der Waals surface area contributed by atoms with Crippen molar-refractivity contribution in [2.45, 2.75) is 50.8 Å². The summed E-state index contributed by atoms with van der Waals surface area (Å²) in [5.74, 6) is 0.424. The van der Waals surface area contributed by atoms with Crippen LogP contribution >= 0.6 is 0 Å². The lowest BCUT2D eigenvalue weighted by Crippen LogP contribution is -2.50. The minimum Gasteiger partial charge on any atom is -0.474 e. The lowest BCUT2D eigenvalue weighted by atomic mass is 10.1. The third kappa shape index (κ3) is 7.24. The number of hydrogen-bond donors (Lipinski definition) is 2. The summed E-state index contributed by atoms with van der Waals surface area (Å²) >= 11 is 0. The number of morpholine rings is 1. The van der Waals surface area contributed by atoms with Gasteiger partial charge in [0.2, 0.25) is 5.88 Å². The summed E-state index contributed by atoms with van der Waals surface area (Å²) in [6.45, 7) is 5.00. The highest BCUT2D eigenvalue weighted by Gasteiger charge is 2.40. The molecule has 0 aromatic carbocycles. The van der Waals surface area contributed by atoms with Crippen LogP contribution < -0.4 is 15.4 Å². The smallest absolute Gasteiger partial charge is 0.406 e. The van der Waals surface area contributed by atoms with Crippen molar-refractivity contribution in [2.75, 3.05) is 53.7 Å². The highest BCUT2D eigenvalue weighted by molar-refractivity contribution is 5.82. The molecule has 11 heteroatoms. The number of aromatic nitrogens is 2. The zero-order valence-corrected chi connectivity index (χ0v) is 19.7. The maximum Gasteiger partial charge on any atom is 0.406 e. The topological polar surface area (TPSA) is 124 Å². The highest BCUT2D eigenvalue weighted by atomic mass is 16.5. The van der Waals surface area contributed by atoms with Gasteiger partial charge in [-0.2, -0.15) is 0 Å². The zero-order valence-electron chi connectivity index (χ0n) is 19.7. The van der Waals surface area contributed by atoms with E-state index in [1.807, 2.05) is 11.8 Å². The molecule has 1 saturated carbocycles. The van der Waals surface area contributed by atoms with Crippen molar-refractivity contribution in [3.63, 3.8) is 0 Å². The van der Waals surface area contributed by atoms with E-state index in [1.165, 1.54) is 7.11 Å². The van der Waals surface area contributed by atoms with Crippen LogP contribution in [0.25, 0.3) is 0 Å². The number of methoxy groups -OCH3 is 2. The first-order chi connectivity index (χ1) is 16.0. The predicted octanol–water partition coefficient (Wildman–Crippen LogP) is 0.831. The van der Waals surface area contributed by atoms with E-state index in [2.05, 4.69) is 20.4 Å². The molecule has 2 aliphatic rings. The van der Waals surface area contributed by atoms with Gasteiger partial charge in [0.25, 0.3) is 5.91 Å². The Kier molecular flexibility index (Phi) is 9.64. The van der Waals surface area contributed by atoms with Gasteiger partial charge in [0.1, 0.15) is 18.4 Å². The number of nitrogens with one attached hydrogen (secondary N) is 2. The number of alkyl carbamates (subject to hydrolysis) is 1. The Hall–Kier alpha value is -2.50. The average molecular weight is 466 g/mol. The molecule has 33 heavy (non-hydrogen) atoms. The van der Waals surface area contributed by atoms with E-state index in [-0.39, 0.29) is 18.0 Å². The van der Waals surface area contributed by atoms with Gasteiger partial charge in [-0.05, 0) is 32.6 Å². The Morgan fingerprint density at radius 3 is 2.82 bits per heavy atom. The van der Waals surface area contributed by atoms with Crippen LogP contribution in [0.5, 0.6) is 5.88 Å². The summed E-state index contributed by atoms with van der Waals surface area (Å²) in [7, 11) is 2.93. The number of carbonyl (C=O) groups is 2. The molecule has 0 radical (unpaired) electrons. The molecule has 1 saturated heterocycles. The maximum absolute atomic E-state index is 13.2. The molecule has 0 spiro atoms. The first-order valence-electron chi connectivity index (χ1n) is 11.5. The van der Waals surface area contributed by atoms with Gasteiger partial charge in [0.15, 0.2) is 0 Å². The molecule has 2 fully saturated rings. The standard InChI is InChI=1S/C22H35N5O6/c1-15(27(16-6-7-16)21(28)19-14-23-9-10-32-19)18-13-25-20(33-12-11-30-2)17(26-18)5-4-8-24-22(29)31-3/h13,15-16,19,23H,4-12,14H2,1-3H3,(H,24,29)/t15-,19-/m1/s1. The fourth-order valence-electron chi connectivity index (χ4n) is 3.73. The monoisotopic (exact) mass is 465 g/mol. The normalized spacial score (nSPS) is 18.9. The second kappa shape index (κ2) is 12.7. The molecule has 2 amide bonds. The van der Waals surface area contributed by atoms with E-state index in [9.17, 15) is 9.59 Å². The summed E-state index contributed by atoms with van der Waals surface area (Å²) in [6.07, 6.45) is 3.86. The zero-order chi connectivity index (χ0) is 23.6. The van der Waals surface area contributed by atoms with Gasteiger partial charge in [-0.25, -0.2) is 14.8 Å².